The number of carbonyl (C=O) groups excluding carboxylic acids is 2. The van der Waals surface area contributed by atoms with Gasteiger partial charge in [0.15, 0.2) is 23.1 Å². The lowest BCUT2D eigenvalue weighted by Gasteiger charge is -2.48. The molecule has 2 aromatic carbocycles. The molecule has 1 aliphatic heterocycles. The van der Waals surface area contributed by atoms with E-state index in [0.29, 0.717) is 82.8 Å². The number of rotatable bonds is 10. The lowest BCUT2D eigenvalue weighted by atomic mass is 9.63. The Morgan fingerprint density at radius 3 is 2.09 bits per heavy atom. The van der Waals surface area contributed by atoms with Gasteiger partial charge in [0.2, 0.25) is 0 Å². The Morgan fingerprint density at radius 2 is 1.57 bits per heavy atom. The van der Waals surface area contributed by atoms with Gasteiger partial charge in [-0.1, -0.05) is 69.1 Å². The van der Waals surface area contributed by atoms with Crippen LogP contribution in [0.5, 0.6) is 11.5 Å². The summed E-state index contributed by atoms with van der Waals surface area (Å²) in [6.07, 6.45) is 3.84. The van der Waals surface area contributed by atoms with Crippen LogP contribution in [0.25, 0.3) is 0 Å². The fourth-order valence-electron chi connectivity index (χ4n) is 7.08. The van der Waals surface area contributed by atoms with E-state index < -0.39 is 11.9 Å². The smallest absolute Gasteiger partial charge is 0.323 e. The van der Waals surface area contributed by atoms with Gasteiger partial charge >= 0.3 is 5.97 Å². The number of hydrogen-bond acceptors (Lipinski definition) is 6. The summed E-state index contributed by atoms with van der Waals surface area (Å²) in [7, 11) is 0. The number of hydrogen-bond donors (Lipinski definition) is 1. The molecule has 1 heterocycles. The van der Waals surface area contributed by atoms with Crippen LogP contribution in [0, 0.1) is 10.8 Å². The summed E-state index contributed by atoms with van der Waals surface area (Å²) in [6.45, 7) is 14.1. The highest BCUT2D eigenvalue weighted by atomic mass is 35.5. The van der Waals surface area contributed by atoms with Gasteiger partial charge < -0.3 is 19.5 Å². The molecule has 0 bridgehead atoms. The lowest BCUT2D eigenvalue weighted by molar-refractivity contribution is -0.138. The number of ether oxygens (including phenoxy) is 2. The van der Waals surface area contributed by atoms with Crippen LogP contribution in [-0.4, -0.2) is 40.7 Å². The van der Waals surface area contributed by atoms with E-state index in [2.05, 4.69) is 6.58 Å². The minimum absolute atomic E-state index is 0.0724. The molecule has 2 aliphatic carbocycles. The Hall–Kier alpha value is -3.55. The molecule has 0 saturated heterocycles. The molecular formula is C37H41Cl2NO6. The van der Waals surface area contributed by atoms with Gasteiger partial charge in [-0.3, -0.25) is 14.4 Å². The lowest BCUT2D eigenvalue weighted by Crippen LogP contribution is -2.45. The van der Waals surface area contributed by atoms with E-state index in [9.17, 15) is 19.5 Å². The molecule has 0 saturated carbocycles. The Labute approximate surface area is 280 Å². The minimum Gasteiger partial charge on any atom is -0.490 e. The highest BCUT2D eigenvalue weighted by molar-refractivity contribution is 6.35. The first-order chi connectivity index (χ1) is 21.6. The summed E-state index contributed by atoms with van der Waals surface area (Å²) in [5.41, 5.74) is 3.92. The average molecular weight is 667 g/mol. The maximum atomic E-state index is 14.1. The number of Topliss-reactive ketones (excluding diaryl/α,β-unsaturated/α-hetero) is 2. The monoisotopic (exact) mass is 665 g/mol. The second kappa shape index (κ2) is 12.9. The van der Waals surface area contributed by atoms with Crippen LogP contribution in [0.4, 0.5) is 0 Å². The summed E-state index contributed by atoms with van der Waals surface area (Å²) in [5.74, 6) is -0.821. The van der Waals surface area contributed by atoms with Crippen molar-refractivity contribution in [2.24, 2.45) is 10.8 Å². The number of carboxylic acid groups (broad SMARTS) is 1. The second-order valence-corrected chi connectivity index (χ2v) is 14.8. The van der Waals surface area contributed by atoms with Gasteiger partial charge in [-0.2, -0.15) is 0 Å². The number of carbonyl (C=O) groups is 3. The normalized spacial score (nSPS) is 19.2. The van der Waals surface area contributed by atoms with Crippen LogP contribution in [-0.2, 0) is 27.4 Å². The SMILES string of the molecule is C=CCc1cc(C2C3=C(CC(C)(C)CC3=O)N(CC(=O)O)C3=C2C(=O)CC(C)(C)C3)cc(OCC)c1OCc1ccc(Cl)cc1Cl. The van der Waals surface area contributed by atoms with E-state index in [0.717, 1.165) is 16.7 Å². The van der Waals surface area contributed by atoms with Crippen LogP contribution in [0.1, 0.15) is 82.9 Å². The maximum Gasteiger partial charge on any atom is 0.323 e. The summed E-state index contributed by atoms with van der Waals surface area (Å²) < 4.78 is 12.5. The molecule has 46 heavy (non-hydrogen) atoms. The molecule has 3 aliphatic rings. The summed E-state index contributed by atoms with van der Waals surface area (Å²) in [5, 5.41) is 11.0. The van der Waals surface area contributed by atoms with E-state index >= 15 is 0 Å². The first-order valence-corrected chi connectivity index (χ1v) is 16.4. The highest BCUT2D eigenvalue weighted by Gasteiger charge is 2.49. The van der Waals surface area contributed by atoms with Crippen LogP contribution in [0.2, 0.25) is 10.0 Å². The number of aliphatic carboxylic acids is 1. The Bertz CT molecular complexity index is 1630. The van der Waals surface area contributed by atoms with Gasteiger partial charge in [0, 0.05) is 62.5 Å². The molecule has 244 valence electrons. The maximum absolute atomic E-state index is 14.1. The molecule has 1 N–H and O–H groups in total. The van der Waals surface area contributed by atoms with Crippen LogP contribution >= 0.6 is 23.2 Å². The zero-order chi connectivity index (χ0) is 33.6. The molecule has 0 spiro atoms. The van der Waals surface area contributed by atoms with E-state index in [-0.39, 0.29) is 35.5 Å². The first-order valence-electron chi connectivity index (χ1n) is 15.6. The third kappa shape index (κ3) is 6.77. The molecule has 9 heteroatoms. The summed E-state index contributed by atoms with van der Waals surface area (Å²) in [4.78, 5) is 42.2. The van der Waals surface area contributed by atoms with Crippen molar-refractivity contribution in [3.8, 4) is 11.5 Å². The van der Waals surface area contributed by atoms with Gasteiger partial charge in [-0.25, -0.2) is 0 Å². The summed E-state index contributed by atoms with van der Waals surface area (Å²) >= 11 is 12.5. The quantitative estimate of drug-likeness (QED) is 0.254. The Kier molecular flexibility index (Phi) is 9.49. The van der Waals surface area contributed by atoms with Crippen molar-refractivity contribution in [1.82, 2.24) is 4.90 Å². The van der Waals surface area contributed by atoms with E-state index in [1.807, 2.05) is 52.8 Å². The van der Waals surface area contributed by atoms with E-state index in [1.54, 1.807) is 23.1 Å². The number of carboxylic acids is 1. The Morgan fingerprint density at radius 1 is 0.957 bits per heavy atom. The van der Waals surface area contributed by atoms with Crippen molar-refractivity contribution in [2.45, 2.75) is 79.2 Å². The molecule has 0 radical (unpaired) electrons. The van der Waals surface area contributed by atoms with E-state index in [4.69, 9.17) is 32.7 Å². The zero-order valence-electron chi connectivity index (χ0n) is 27.1. The van der Waals surface area contributed by atoms with Crippen molar-refractivity contribution in [3.63, 3.8) is 0 Å². The molecular weight excluding hydrogens is 625 g/mol. The minimum atomic E-state index is -1.02. The van der Waals surface area contributed by atoms with Crippen molar-refractivity contribution in [2.75, 3.05) is 13.2 Å². The molecule has 0 atom stereocenters. The number of allylic oxidation sites excluding steroid dienone is 5. The van der Waals surface area contributed by atoms with Crippen LogP contribution in [0.15, 0.2) is 65.5 Å². The van der Waals surface area contributed by atoms with Crippen LogP contribution < -0.4 is 9.47 Å². The van der Waals surface area contributed by atoms with Crippen molar-refractivity contribution in [1.29, 1.82) is 0 Å². The van der Waals surface area contributed by atoms with Gasteiger partial charge in [-0.15, -0.1) is 6.58 Å². The molecule has 2 aromatic rings. The van der Waals surface area contributed by atoms with Gasteiger partial charge in [0.1, 0.15) is 13.2 Å². The topological polar surface area (TPSA) is 93.1 Å². The Balaban J connectivity index is 1.72. The molecule has 0 fully saturated rings. The highest BCUT2D eigenvalue weighted by Crippen LogP contribution is 2.55. The summed E-state index contributed by atoms with van der Waals surface area (Å²) in [6, 6.07) is 9.06. The molecule has 0 aromatic heterocycles. The van der Waals surface area contributed by atoms with Crippen molar-refractivity contribution >= 4 is 40.7 Å². The zero-order valence-corrected chi connectivity index (χ0v) is 28.6. The largest absolute Gasteiger partial charge is 0.490 e. The van der Waals surface area contributed by atoms with Gasteiger partial charge in [0.25, 0.3) is 0 Å². The fourth-order valence-corrected chi connectivity index (χ4v) is 7.54. The van der Waals surface area contributed by atoms with Gasteiger partial charge in [-0.05, 0) is 60.8 Å². The van der Waals surface area contributed by atoms with E-state index in [1.165, 1.54) is 0 Å². The van der Waals surface area contributed by atoms with Crippen LogP contribution in [0.3, 0.4) is 0 Å². The number of ketones is 2. The number of nitrogens with zero attached hydrogens (tertiary/aromatic N) is 1. The molecule has 5 rings (SSSR count). The third-order valence-electron chi connectivity index (χ3n) is 8.85. The molecule has 0 amide bonds. The average Bonchev–Trinajstić information content (AvgIpc) is 2.93. The number of benzene rings is 2. The van der Waals surface area contributed by atoms with Crippen molar-refractivity contribution < 1.29 is 29.0 Å². The predicted octanol–water partition coefficient (Wildman–Crippen LogP) is 8.47. The predicted molar refractivity (Wildman–Crippen MR) is 179 cm³/mol. The number of halogens is 2. The fraction of sp³-hybridized carbons (Fsp3) is 0.432. The van der Waals surface area contributed by atoms with Crippen molar-refractivity contribution in [3.05, 3.63) is 92.3 Å². The molecule has 7 nitrogen and oxygen atoms in total. The standard InChI is InChI=1S/C37H41Cl2NO6/c1-7-9-21-12-23(13-30(45-8-2)35(21)46-20-22-10-11-24(38)14-25(22)39)32-33-26(15-36(3,4)17-28(33)41)40(19-31(43)44)27-16-37(5,6)18-29(42)34(27)32/h7,10-14,32H,1,8-9,15-20H2,2-6H3,(H,43,44). The first kappa shape index (κ1) is 33.8. The third-order valence-corrected chi connectivity index (χ3v) is 9.44. The van der Waals surface area contributed by atoms with Gasteiger partial charge in [0.05, 0.1) is 6.61 Å². The molecule has 0 unspecified atom stereocenters. The second-order valence-electron chi connectivity index (χ2n) is 14.0.